The minimum atomic E-state index is -3.66. The fraction of sp³-hybridized carbons (Fsp3) is 0.350. The van der Waals surface area contributed by atoms with Gasteiger partial charge < -0.3 is 10.1 Å². The topological polar surface area (TPSA) is 75.7 Å². The molecule has 1 fully saturated rings. The summed E-state index contributed by atoms with van der Waals surface area (Å²) in [6.07, 6.45) is 1.32. The average molecular weight is 514 g/mol. The number of nitrogens with zero attached hydrogens (tertiary/aromatic N) is 1. The summed E-state index contributed by atoms with van der Waals surface area (Å²) in [4.78, 5) is 12.9. The van der Waals surface area contributed by atoms with Gasteiger partial charge in [-0.1, -0.05) is 0 Å². The van der Waals surface area contributed by atoms with E-state index in [2.05, 4.69) is 27.9 Å². The summed E-state index contributed by atoms with van der Waals surface area (Å²) in [5.74, 6) is 0.126. The van der Waals surface area contributed by atoms with Crippen molar-refractivity contribution in [3.8, 4) is 5.75 Å². The highest BCUT2D eigenvalue weighted by molar-refractivity contribution is 14.1. The molecule has 1 heterocycles. The van der Waals surface area contributed by atoms with Gasteiger partial charge in [-0.15, -0.1) is 0 Å². The van der Waals surface area contributed by atoms with Crippen molar-refractivity contribution < 1.29 is 17.9 Å². The molecule has 0 aromatic heterocycles. The molecule has 1 atom stereocenters. The van der Waals surface area contributed by atoms with Gasteiger partial charge in [0, 0.05) is 22.3 Å². The first-order valence-electron chi connectivity index (χ1n) is 9.02. The first kappa shape index (κ1) is 21.1. The van der Waals surface area contributed by atoms with Gasteiger partial charge in [0.1, 0.15) is 5.75 Å². The fourth-order valence-corrected chi connectivity index (χ4v) is 5.28. The summed E-state index contributed by atoms with van der Waals surface area (Å²) in [6.45, 7) is 2.41. The molecule has 8 heteroatoms. The molecule has 1 N–H and O–H groups in total. The molecule has 0 spiro atoms. The molecule has 6 nitrogen and oxygen atoms in total. The highest BCUT2D eigenvalue weighted by Crippen LogP contribution is 2.27. The van der Waals surface area contributed by atoms with Gasteiger partial charge in [0.2, 0.25) is 15.9 Å². The van der Waals surface area contributed by atoms with Crippen molar-refractivity contribution in [1.29, 1.82) is 0 Å². The molecule has 2 aromatic rings. The molecule has 0 radical (unpaired) electrons. The summed E-state index contributed by atoms with van der Waals surface area (Å²) in [5.41, 5.74) is 1.48. The molecule has 1 saturated heterocycles. The Morgan fingerprint density at radius 2 is 1.93 bits per heavy atom. The molecule has 2 aromatic carbocycles. The second-order valence-electron chi connectivity index (χ2n) is 6.83. The number of amides is 1. The average Bonchev–Trinajstić information content (AvgIpc) is 2.69. The number of halogens is 1. The highest BCUT2D eigenvalue weighted by Gasteiger charge is 2.33. The minimum absolute atomic E-state index is 0.146. The van der Waals surface area contributed by atoms with Crippen LogP contribution < -0.4 is 10.1 Å². The standard InChI is InChI=1S/C20H23IN2O4S/c1-14-12-18(9-10-19(14)27-2)28(25,26)23-11-3-4-15(13-23)20(24)22-17-7-5-16(21)6-8-17/h5-10,12,15H,3-4,11,13H2,1-2H3,(H,22,24)/t15-/m1/s1. The molecule has 28 heavy (non-hydrogen) atoms. The maximum absolute atomic E-state index is 13.1. The third kappa shape index (κ3) is 4.66. The maximum atomic E-state index is 13.1. The molecule has 0 unspecified atom stereocenters. The number of rotatable bonds is 5. The van der Waals surface area contributed by atoms with Crippen LogP contribution in [-0.2, 0) is 14.8 Å². The zero-order valence-electron chi connectivity index (χ0n) is 15.8. The van der Waals surface area contributed by atoms with Crippen LogP contribution in [0.4, 0.5) is 5.69 Å². The van der Waals surface area contributed by atoms with E-state index >= 15 is 0 Å². The van der Waals surface area contributed by atoms with Crippen LogP contribution in [0.25, 0.3) is 0 Å². The molecule has 1 amide bonds. The van der Waals surface area contributed by atoms with Gasteiger partial charge in [0.05, 0.1) is 17.9 Å². The zero-order chi connectivity index (χ0) is 20.3. The van der Waals surface area contributed by atoms with E-state index in [0.717, 1.165) is 14.8 Å². The van der Waals surface area contributed by atoms with E-state index < -0.39 is 10.0 Å². The van der Waals surface area contributed by atoms with E-state index in [9.17, 15) is 13.2 Å². The van der Waals surface area contributed by atoms with Gasteiger partial charge in [0.15, 0.2) is 0 Å². The van der Waals surface area contributed by atoms with Crippen molar-refractivity contribution in [3.63, 3.8) is 0 Å². The van der Waals surface area contributed by atoms with Gasteiger partial charge in [-0.05, 0) is 90.4 Å². The SMILES string of the molecule is COc1ccc(S(=O)(=O)N2CCC[C@@H](C(=O)Nc3ccc(I)cc3)C2)cc1C. The molecule has 150 valence electrons. The van der Waals surface area contributed by atoms with Gasteiger partial charge in [-0.2, -0.15) is 4.31 Å². The van der Waals surface area contributed by atoms with Gasteiger partial charge in [-0.25, -0.2) is 8.42 Å². The highest BCUT2D eigenvalue weighted by atomic mass is 127. The molecule has 1 aliphatic heterocycles. The third-order valence-electron chi connectivity index (χ3n) is 4.87. The summed E-state index contributed by atoms with van der Waals surface area (Å²) in [6, 6.07) is 12.3. The summed E-state index contributed by atoms with van der Waals surface area (Å²) >= 11 is 2.20. The lowest BCUT2D eigenvalue weighted by atomic mass is 9.99. The van der Waals surface area contributed by atoms with Gasteiger partial charge in [-0.3, -0.25) is 4.79 Å². The van der Waals surface area contributed by atoms with Gasteiger partial charge >= 0.3 is 0 Å². The zero-order valence-corrected chi connectivity index (χ0v) is 18.8. The fourth-order valence-electron chi connectivity index (χ4n) is 3.31. The Labute approximate surface area is 179 Å². The number of anilines is 1. The molecule has 1 aliphatic rings. The Kier molecular flexibility index (Phi) is 6.61. The number of hydrogen-bond donors (Lipinski definition) is 1. The molecular formula is C20H23IN2O4S. The van der Waals surface area contributed by atoms with Crippen LogP contribution >= 0.6 is 22.6 Å². The van der Waals surface area contributed by atoms with E-state index in [-0.39, 0.29) is 23.3 Å². The molecule has 0 saturated carbocycles. The quantitative estimate of drug-likeness (QED) is 0.619. The first-order chi connectivity index (χ1) is 13.3. The Morgan fingerprint density at radius 3 is 2.57 bits per heavy atom. The number of carbonyl (C=O) groups is 1. The van der Waals surface area contributed by atoms with E-state index in [1.807, 2.05) is 31.2 Å². The number of aryl methyl sites for hydroxylation is 1. The summed E-state index contributed by atoms with van der Waals surface area (Å²) < 4.78 is 33.8. The second-order valence-corrected chi connectivity index (χ2v) is 10.0. The van der Waals surface area contributed by atoms with Crippen LogP contribution in [-0.4, -0.2) is 38.8 Å². The molecular weight excluding hydrogens is 491 g/mol. The van der Waals surface area contributed by atoms with Crippen LogP contribution in [0.3, 0.4) is 0 Å². The third-order valence-corrected chi connectivity index (χ3v) is 7.45. The Hall–Kier alpha value is -1.65. The van der Waals surface area contributed by atoms with Crippen LogP contribution in [0.2, 0.25) is 0 Å². The van der Waals surface area contributed by atoms with Crippen molar-refractivity contribution in [3.05, 3.63) is 51.6 Å². The maximum Gasteiger partial charge on any atom is 0.243 e. The predicted octanol–water partition coefficient (Wildman–Crippen LogP) is 3.65. The monoisotopic (exact) mass is 514 g/mol. The first-order valence-corrected chi connectivity index (χ1v) is 11.5. The second kappa shape index (κ2) is 8.79. The van der Waals surface area contributed by atoms with Crippen LogP contribution in [0.15, 0.2) is 47.4 Å². The minimum Gasteiger partial charge on any atom is -0.496 e. The van der Waals surface area contributed by atoms with E-state index in [0.29, 0.717) is 25.1 Å². The Morgan fingerprint density at radius 1 is 1.21 bits per heavy atom. The number of sulfonamides is 1. The largest absolute Gasteiger partial charge is 0.496 e. The number of piperidine rings is 1. The van der Waals surface area contributed by atoms with Crippen LogP contribution in [0.1, 0.15) is 18.4 Å². The number of methoxy groups -OCH3 is 1. The normalized spacial score (nSPS) is 17.9. The smallest absolute Gasteiger partial charge is 0.243 e. The van der Waals surface area contributed by atoms with Gasteiger partial charge in [0.25, 0.3) is 0 Å². The number of carbonyl (C=O) groups excluding carboxylic acids is 1. The molecule has 0 bridgehead atoms. The number of nitrogens with one attached hydrogen (secondary N) is 1. The number of ether oxygens (including phenoxy) is 1. The molecule has 3 rings (SSSR count). The van der Waals surface area contributed by atoms with Crippen molar-refractivity contribution in [2.45, 2.75) is 24.7 Å². The molecule has 0 aliphatic carbocycles. The lowest BCUT2D eigenvalue weighted by molar-refractivity contribution is -0.120. The van der Waals surface area contributed by atoms with Crippen molar-refractivity contribution in [2.24, 2.45) is 5.92 Å². The predicted molar refractivity (Wildman–Crippen MR) is 117 cm³/mol. The van der Waals surface area contributed by atoms with E-state index in [1.54, 1.807) is 25.3 Å². The number of benzene rings is 2. The summed E-state index contributed by atoms with van der Waals surface area (Å²) in [5, 5.41) is 2.89. The van der Waals surface area contributed by atoms with Crippen molar-refractivity contribution in [1.82, 2.24) is 4.31 Å². The number of hydrogen-bond acceptors (Lipinski definition) is 4. The Bertz CT molecular complexity index is 961. The summed E-state index contributed by atoms with van der Waals surface area (Å²) in [7, 11) is -2.10. The van der Waals surface area contributed by atoms with E-state index in [1.165, 1.54) is 4.31 Å². The van der Waals surface area contributed by atoms with Crippen LogP contribution in [0, 0.1) is 16.4 Å². The lowest BCUT2D eigenvalue weighted by Crippen LogP contribution is -2.43. The van der Waals surface area contributed by atoms with E-state index in [4.69, 9.17) is 4.74 Å². The lowest BCUT2D eigenvalue weighted by Gasteiger charge is -2.31. The van der Waals surface area contributed by atoms with Crippen molar-refractivity contribution >= 4 is 44.2 Å². The Balaban J connectivity index is 1.73. The van der Waals surface area contributed by atoms with Crippen molar-refractivity contribution in [2.75, 3.05) is 25.5 Å². The van der Waals surface area contributed by atoms with Crippen LogP contribution in [0.5, 0.6) is 5.75 Å².